The second-order valence-corrected chi connectivity index (χ2v) is 7.47. The van der Waals surface area contributed by atoms with Crippen LogP contribution in [0.3, 0.4) is 0 Å². The predicted octanol–water partition coefficient (Wildman–Crippen LogP) is 6.74. The number of hydrogen-bond acceptors (Lipinski definition) is 0. The summed E-state index contributed by atoms with van der Waals surface area (Å²) in [7, 11) is 0. The van der Waals surface area contributed by atoms with Crippen molar-refractivity contribution in [2.24, 2.45) is 5.41 Å². The van der Waals surface area contributed by atoms with Crippen molar-refractivity contribution >= 4 is 0 Å². The highest BCUT2D eigenvalue weighted by molar-refractivity contribution is 5.37. The van der Waals surface area contributed by atoms with E-state index in [4.69, 9.17) is 0 Å². The monoisotopic (exact) mass is 272 g/mol. The van der Waals surface area contributed by atoms with Crippen LogP contribution in [0, 0.1) is 5.41 Å². The van der Waals surface area contributed by atoms with E-state index in [1.54, 1.807) is 16.7 Å². The van der Waals surface area contributed by atoms with Crippen molar-refractivity contribution < 1.29 is 0 Å². The molecule has 0 N–H and O–H groups in total. The Morgan fingerprint density at radius 1 is 0.950 bits per heavy atom. The summed E-state index contributed by atoms with van der Waals surface area (Å²) in [6.45, 7) is 9.46. The molecule has 0 saturated heterocycles. The summed E-state index contributed by atoms with van der Waals surface area (Å²) in [5.41, 5.74) is 6.82. The molecule has 0 atom stereocenters. The molecule has 112 valence electrons. The molecule has 2 aliphatic carbocycles. The lowest BCUT2D eigenvalue weighted by atomic mass is 9.72. The van der Waals surface area contributed by atoms with Gasteiger partial charge in [-0.15, -0.1) is 0 Å². The van der Waals surface area contributed by atoms with Gasteiger partial charge in [0.15, 0.2) is 0 Å². The van der Waals surface area contributed by atoms with Crippen LogP contribution in [0.15, 0.2) is 34.4 Å². The summed E-state index contributed by atoms with van der Waals surface area (Å²) in [6.07, 6.45) is 17.1. The minimum atomic E-state index is 0.368. The molecule has 0 nitrogen and oxygen atoms in total. The van der Waals surface area contributed by atoms with E-state index in [2.05, 4.69) is 39.8 Å². The van der Waals surface area contributed by atoms with Crippen molar-refractivity contribution in [3.63, 3.8) is 0 Å². The minimum Gasteiger partial charge on any atom is -0.0696 e. The third-order valence-corrected chi connectivity index (χ3v) is 5.31. The maximum absolute atomic E-state index is 2.43. The summed E-state index contributed by atoms with van der Waals surface area (Å²) in [5.74, 6) is 0. The molecule has 2 rings (SSSR count). The van der Waals surface area contributed by atoms with Gasteiger partial charge in [-0.3, -0.25) is 0 Å². The SMILES string of the molecule is CC(/C=C/C1=C(C)CCCC1(C)C)=C1CCCCCC1. The van der Waals surface area contributed by atoms with Crippen molar-refractivity contribution in [2.45, 2.75) is 85.5 Å². The lowest BCUT2D eigenvalue weighted by Crippen LogP contribution is -2.19. The normalized spacial score (nSPS) is 24.1. The van der Waals surface area contributed by atoms with Gasteiger partial charge < -0.3 is 0 Å². The van der Waals surface area contributed by atoms with Gasteiger partial charge in [-0.1, -0.05) is 55.6 Å². The molecule has 1 fully saturated rings. The first-order valence-corrected chi connectivity index (χ1v) is 8.57. The van der Waals surface area contributed by atoms with E-state index < -0.39 is 0 Å². The van der Waals surface area contributed by atoms with Gasteiger partial charge in [0.05, 0.1) is 0 Å². The van der Waals surface area contributed by atoms with Crippen LogP contribution in [0.1, 0.15) is 85.5 Å². The molecule has 2 aliphatic rings. The Hall–Kier alpha value is -0.780. The van der Waals surface area contributed by atoms with Crippen molar-refractivity contribution in [2.75, 3.05) is 0 Å². The summed E-state index contributed by atoms with van der Waals surface area (Å²) < 4.78 is 0. The fraction of sp³-hybridized carbons (Fsp3) is 0.700. The molecule has 0 aliphatic heterocycles. The van der Waals surface area contributed by atoms with Gasteiger partial charge in [-0.2, -0.15) is 0 Å². The number of allylic oxidation sites excluding steroid dienone is 6. The van der Waals surface area contributed by atoms with Gasteiger partial charge in [0.2, 0.25) is 0 Å². The quantitative estimate of drug-likeness (QED) is 0.488. The topological polar surface area (TPSA) is 0 Å². The lowest BCUT2D eigenvalue weighted by molar-refractivity contribution is 0.377. The first-order chi connectivity index (χ1) is 9.50. The fourth-order valence-corrected chi connectivity index (χ4v) is 3.89. The molecular weight excluding hydrogens is 240 g/mol. The highest BCUT2D eigenvalue weighted by Gasteiger charge is 2.26. The Kier molecular flexibility index (Phi) is 5.29. The zero-order chi connectivity index (χ0) is 14.6. The molecule has 0 aromatic rings. The fourth-order valence-electron chi connectivity index (χ4n) is 3.89. The molecular formula is C20H32. The molecule has 20 heavy (non-hydrogen) atoms. The van der Waals surface area contributed by atoms with E-state index in [0.29, 0.717) is 5.41 Å². The van der Waals surface area contributed by atoms with Crippen LogP contribution >= 0.6 is 0 Å². The van der Waals surface area contributed by atoms with E-state index in [0.717, 1.165) is 0 Å². The van der Waals surface area contributed by atoms with Crippen molar-refractivity contribution in [1.29, 1.82) is 0 Å². The van der Waals surface area contributed by atoms with E-state index in [1.165, 1.54) is 63.4 Å². The molecule has 0 aromatic heterocycles. The van der Waals surface area contributed by atoms with Crippen molar-refractivity contribution in [3.05, 3.63) is 34.4 Å². The summed E-state index contributed by atoms with van der Waals surface area (Å²) in [6, 6.07) is 0. The van der Waals surface area contributed by atoms with E-state index >= 15 is 0 Å². The Balaban J connectivity index is 2.17. The van der Waals surface area contributed by atoms with Crippen LogP contribution in [-0.2, 0) is 0 Å². The van der Waals surface area contributed by atoms with Gasteiger partial charge in [0.25, 0.3) is 0 Å². The molecule has 0 radical (unpaired) electrons. The molecule has 0 spiro atoms. The summed E-state index contributed by atoms with van der Waals surface area (Å²) in [4.78, 5) is 0. The third-order valence-electron chi connectivity index (χ3n) is 5.31. The van der Waals surface area contributed by atoms with Crippen LogP contribution in [0.2, 0.25) is 0 Å². The Morgan fingerprint density at radius 3 is 2.20 bits per heavy atom. The van der Waals surface area contributed by atoms with Crippen LogP contribution in [0.4, 0.5) is 0 Å². The second-order valence-electron chi connectivity index (χ2n) is 7.47. The molecule has 1 saturated carbocycles. The van der Waals surface area contributed by atoms with Crippen LogP contribution in [-0.4, -0.2) is 0 Å². The Morgan fingerprint density at radius 2 is 1.60 bits per heavy atom. The second kappa shape index (κ2) is 6.78. The van der Waals surface area contributed by atoms with Gasteiger partial charge >= 0.3 is 0 Å². The van der Waals surface area contributed by atoms with E-state index in [9.17, 15) is 0 Å². The van der Waals surface area contributed by atoms with Gasteiger partial charge in [0.1, 0.15) is 0 Å². The maximum atomic E-state index is 2.43. The first kappa shape index (κ1) is 15.6. The van der Waals surface area contributed by atoms with Gasteiger partial charge in [-0.25, -0.2) is 0 Å². The molecule has 0 unspecified atom stereocenters. The van der Waals surface area contributed by atoms with E-state index in [-0.39, 0.29) is 0 Å². The van der Waals surface area contributed by atoms with Gasteiger partial charge in [-0.05, 0) is 69.8 Å². The average molecular weight is 272 g/mol. The smallest absolute Gasteiger partial charge is 0.0104 e. The third kappa shape index (κ3) is 3.87. The lowest BCUT2D eigenvalue weighted by Gasteiger charge is -2.33. The number of rotatable bonds is 2. The molecule has 0 heteroatoms. The van der Waals surface area contributed by atoms with Gasteiger partial charge in [0, 0.05) is 0 Å². The Labute approximate surface area is 126 Å². The van der Waals surface area contributed by atoms with Crippen LogP contribution in [0.25, 0.3) is 0 Å². The first-order valence-electron chi connectivity index (χ1n) is 8.57. The van der Waals surface area contributed by atoms with Crippen LogP contribution in [0.5, 0.6) is 0 Å². The van der Waals surface area contributed by atoms with Crippen molar-refractivity contribution in [1.82, 2.24) is 0 Å². The van der Waals surface area contributed by atoms with E-state index in [1.807, 2.05) is 0 Å². The maximum Gasteiger partial charge on any atom is -0.0104 e. The zero-order valence-corrected chi connectivity index (χ0v) is 14.0. The van der Waals surface area contributed by atoms with Crippen LogP contribution < -0.4 is 0 Å². The highest BCUT2D eigenvalue weighted by atomic mass is 14.3. The van der Waals surface area contributed by atoms with Crippen molar-refractivity contribution in [3.8, 4) is 0 Å². The number of hydrogen-bond donors (Lipinski definition) is 0. The molecule has 0 heterocycles. The predicted molar refractivity (Wildman–Crippen MR) is 89.9 cm³/mol. The minimum absolute atomic E-state index is 0.368. The standard InChI is InChI=1S/C20H32/c1-16(18-11-7-5-6-8-12-18)13-14-19-17(2)10-9-15-20(19,3)4/h13-14H,5-12,15H2,1-4H3/b14-13+. The molecule has 0 bridgehead atoms. The molecule has 0 amide bonds. The summed E-state index contributed by atoms with van der Waals surface area (Å²) in [5, 5.41) is 0. The highest BCUT2D eigenvalue weighted by Crippen LogP contribution is 2.41. The average Bonchev–Trinajstić information content (AvgIpc) is 2.66. The largest absolute Gasteiger partial charge is 0.0696 e. The molecule has 0 aromatic carbocycles. The zero-order valence-electron chi connectivity index (χ0n) is 14.0. The summed E-state index contributed by atoms with van der Waals surface area (Å²) >= 11 is 0. The Bertz CT molecular complexity index is 419.